The quantitative estimate of drug-likeness (QED) is 0.293. The van der Waals surface area contributed by atoms with E-state index in [4.69, 9.17) is 9.15 Å². The number of ketones is 1. The van der Waals surface area contributed by atoms with E-state index in [0.717, 1.165) is 0 Å². The Balaban J connectivity index is 1.64. The van der Waals surface area contributed by atoms with Crippen LogP contribution in [0.4, 0.5) is 0 Å². The van der Waals surface area contributed by atoms with Gasteiger partial charge >= 0.3 is 5.97 Å². The van der Waals surface area contributed by atoms with Gasteiger partial charge in [0.05, 0.1) is 12.0 Å². The number of carbonyl (C=O) groups is 2. The van der Waals surface area contributed by atoms with Gasteiger partial charge in [-0.2, -0.15) is 4.68 Å². The van der Waals surface area contributed by atoms with Gasteiger partial charge in [0, 0.05) is 17.8 Å². The van der Waals surface area contributed by atoms with Gasteiger partial charge in [0.25, 0.3) is 0 Å². The van der Waals surface area contributed by atoms with Gasteiger partial charge in [-0.25, -0.2) is 4.79 Å². The van der Waals surface area contributed by atoms with Crippen LogP contribution < -0.4 is 0 Å². The molecule has 0 unspecified atom stereocenters. The fourth-order valence-corrected chi connectivity index (χ4v) is 2.62. The number of aromatic amines is 1. The number of carbonyl (C=O) groups excluding carboxylic acids is 2. The molecule has 144 valence electrons. The number of nitrogens with zero attached hydrogens (tertiary/aromatic N) is 4. The van der Waals surface area contributed by atoms with E-state index in [2.05, 4.69) is 20.5 Å². The Kier molecular flexibility index (Phi) is 5.10. The summed E-state index contributed by atoms with van der Waals surface area (Å²) in [6.07, 6.45) is 4.54. The Morgan fingerprint density at radius 2 is 1.97 bits per heavy atom. The fraction of sp³-hybridized carbons (Fsp3) is 0.0500. The number of hydrogen-bond donors (Lipinski definition) is 1. The third-order valence-corrected chi connectivity index (χ3v) is 3.99. The zero-order valence-corrected chi connectivity index (χ0v) is 15.1. The van der Waals surface area contributed by atoms with Gasteiger partial charge in [-0.15, -0.1) is 5.10 Å². The Morgan fingerprint density at radius 1 is 1.10 bits per heavy atom. The lowest BCUT2D eigenvalue weighted by Crippen LogP contribution is -2.19. The maximum Gasteiger partial charge on any atom is 0.357 e. The van der Waals surface area contributed by atoms with E-state index in [1.807, 2.05) is 30.3 Å². The van der Waals surface area contributed by atoms with E-state index in [1.165, 1.54) is 17.0 Å². The molecule has 4 rings (SSSR count). The number of benzene rings is 1. The van der Waals surface area contributed by atoms with Gasteiger partial charge in [-0.05, 0) is 34.7 Å². The Labute approximate surface area is 164 Å². The van der Waals surface area contributed by atoms with E-state index in [1.54, 1.807) is 30.5 Å². The minimum atomic E-state index is -0.772. The molecular formula is C20H15N5O4. The summed E-state index contributed by atoms with van der Waals surface area (Å²) in [6, 6.07) is 15.8. The number of tetrazole rings is 1. The lowest BCUT2D eigenvalue weighted by atomic mass is 10.2. The van der Waals surface area contributed by atoms with Crippen molar-refractivity contribution in [3.63, 3.8) is 0 Å². The average Bonchev–Trinajstić information content (AvgIpc) is 3.52. The van der Waals surface area contributed by atoms with E-state index in [0.29, 0.717) is 22.8 Å². The topological polar surface area (TPSA) is 116 Å². The first-order valence-electron chi connectivity index (χ1n) is 8.65. The van der Waals surface area contributed by atoms with Crippen molar-refractivity contribution in [1.82, 2.24) is 25.2 Å². The van der Waals surface area contributed by atoms with Gasteiger partial charge in [-0.1, -0.05) is 30.3 Å². The number of hydrogen-bond acceptors (Lipinski definition) is 7. The number of esters is 1. The molecule has 0 bridgehead atoms. The fourth-order valence-electron chi connectivity index (χ4n) is 2.62. The second-order valence-electron chi connectivity index (χ2n) is 5.91. The molecule has 9 heteroatoms. The molecule has 0 radical (unpaired) electrons. The Bertz CT molecular complexity index is 1130. The molecule has 1 aromatic carbocycles. The van der Waals surface area contributed by atoms with Crippen LogP contribution in [0.5, 0.6) is 0 Å². The molecule has 9 nitrogen and oxygen atoms in total. The lowest BCUT2D eigenvalue weighted by Gasteiger charge is -2.09. The number of nitrogens with one attached hydrogen (secondary N) is 1. The van der Waals surface area contributed by atoms with Gasteiger partial charge in [0.1, 0.15) is 5.76 Å². The summed E-state index contributed by atoms with van der Waals surface area (Å²) in [5, 5.41) is 11.6. The standard InChI is InChI=1S/C20H15N5O4/c26-18(16-9-4-10-21-16)13-29-20(27)17(12-15-8-5-11-28-15)25-19(22-23-24-25)14-6-2-1-3-7-14/h1-12,21H,13H2/b17-12+. The number of aromatic nitrogens is 5. The van der Waals surface area contributed by atoms with Crippen LogP contribution in [0.15, 0.2) is 71.5 Å². The highest BCUT2D eigenvalue weighted by Crippen LogP contribution is 2.21. The molecule has 4 aromatic rings. The number of furan rings is 1. The van der Waals surface area contributed by atoms with Crippen molar-refractivity contribution in [2.24, 2.45) is 0 Å². The molecule has 0 aliphatic rings. The number of H-pyrrole nitrogens is 1. The average molecular weight is 389 g/mol. The normalized spacial score (nSPS) is 11.4. The van der Waals surface area contributed by atoms with Gasteiger partial charge in [-0.3, -0.25) is 4.79 Å². The predicted octanol–water partition coefficient (Wildman–Crippen LogP) is 2.69. The highest BCUT2D eigenvalue weighted by atomic mass is 16.5. The molecule has 0 aliphatic carbocycles. The van der Waals surface area contributed by atoms with E-state index < -0.39 is 12.6 Å². The van der Waals surface area contributed by atoms with Crippen molar-refractivity contribution in [2.75, 3.05) is 6.61 Å². The van der Waals surface area contributed by atoms with E-state index in [9.17, 15) is 9.59 Å². The van der Waals surface area contributed by atoms with E-state index in [-0.39, 0.29) is 11.5 Å². The maximum atomic E-state index is 12.8. The SMILES string of the molecule is O=C(OCC(=O)c1ccc[nH]1)/C(=C\c1ccco1)n1nnnc1-c1ccccc1. The summed E-state index contributed by atoms with van der Waals surface area (Å²) in [5.74, 6) is -0.385. The van der Waals surface area contributed by atoms with E-state index >= 15 is 0 Å². The second-order valence-corrected chi connectivity index (χ2v) is 5.91. The van der Waals surface area contributed by atoms with Crippen LogP contribution in [0.25, 0.3) is 23.2 Å². The summed E-state index contributed by atoms with van der Waals surface area (Å²) < 4.78 is 11.8. The molecule has 0 amide bonds. The van der Waals surface area contributed by atoms with Crippen LogP contribution in [0.3, 0.4) is 0 Å². The first-order valence-corrected chi connectivity index (χ1v) is 8.65. The van der Waals surface area contributed by atoms with Gasteiger partial charge < -0.3 is 14.1 Å². The predicted molar refractivity (Wildman–Crippen MR) is 102 cm³/mol. The summed E-state index contributed by atoms with van der Waals surface area (Å²) >= 11 is 0. The summed E-state index contributed by atoms with van der Waals surface area (Å²) in [7, 11) is 0. The highest BCUT2D eigenvalue weighted by Gasteiger charge is 2.22. The minimum absolute atomic E-state index is 0.00286. The summed E-state index contributed by atoms with van der Waals surface area (Å²) in [4.78, 5) is 27.7. The van der Waals surface area contributed by atoms with Crippen LogP contribution >= 0.6 is 0 Å². The third-order valence-electron chi connectivity index (χ3n) is 3.99. The smallest absolute Gasteiger partial charge is 0.357 e. The van der Waals surface area contributed by atoms with Crippen LogP contribution in [0, 0.1) is 0 Å². The van der Waals surface area contributed by atoms with Crippen LogP contribution in [0.1, 0.15) is 16.2 Å². The van der Waals surface area contributed by atoms with Crippen molar-refractivity contribution in [3.05, 3.63) is 78.5 Å². The zero-order valence-electron chi connectivity index (χ0n) is 15.1. The van der Waals surface area contributed by atoms with Crippen LogP contribution in [-0.2, 0) is 9.53 Å². The molecule has 3 aromatic heterocycles. The first-order chi connectivity index (χ1) is 14.2. The number of Topliss-reactive ketones (excluding diaryl/α,β-unsaturated/α-hetero) is 1. The Hall–Kier alpha value is -4.27. The van der Waals surface area contributed by atoms with Gasteiger partial charge in [0.15, 0.2) is 18.1 Å². The van der Waals surface area contributed by atoms with Crippen LogP contribution in [0.2, 0.25) is 0 Å². The maximum absolute atomic E-state index is 12.8. The third kappa shape index (κ3) is 4.03. The second kappa shape index (κ2) is 8.17. The highest BCUT2D eigenvalue weighted by molar-refractivity contribution is 6.16. The molecule has 0 aliphatic heterocycles. The minimum Gasteiger partial charge on any atom is -0.465 e. The van der Waals surface area contributed by atoms with Crippen molar-refractivity contribution in [1.29, 1.82) is 0 Å². The molecule has 29 heavy (non-hydrogen) atoms. The number of rotatable bonds is 7. The Morgan fingerprint density at radius 3 is 2.69 bits per heavy atom. The van der Waals surface area contributed by atoms with Crippen LogP contribution in [-0.4, -0.2) is 43.6 Å². The first kappa shape index (κ1) is 18.1. The molecule has 0 fully saturated rings. The summed E-state index contributed by atoms with van der Waals surface area (Å²) in [6.45, 7) is -0.433. The largest absolute Gasteiger partial charge is 0.465 e. The zero-order chi connectivity index (χ0) is 20.1. The molecule has 0 saturated carbocycles. The molecule has 0 saturated heterocycles. The number of ether oxygens (including phenoxy) is 1. The molecule has 1 N–H and O–H groups in total. The van der Waals surface area contributed by atoms with Crippen molar-refractivity contribution in [3.8, 4) is 11.4 Å². The molecule has 0 atom stereocenters. The lowest BCUT2D eigenvalue weighted by molar-refractivity contribution is -0.136. The van der Waals surface area contributed by atoms with Crippen molar-refractivity contribution in [2.45, 2.75) is 0 Å². The molecule has 3 heterocycles. The monoisotopic (exact) mass is 389 g/mol. The van der Waals surface area contributed by atoms with Crippen molar-refractivity contribution >= 4 is 23.5 Å². The molecular weight excluding hydrogens is 374 g/mol. The van der Waals surface area contributed by atoms with Crippen molar-refractivity contribution < 1.29 is 18.7 Å². The van der Waals surface area contributed by atoms with Gasteiger partial charge in [0.2, 0.25) is 5.78 Å². The molecule has 0 spiro atoms. The summed E-state index contributed by atoms with van der Waals surface area (Å²) in [5.41, 5.74) is 1.06.